The van der Waals surface area contributed by atoms with Gasteiger partial charge in [-0.15, -0.1) is 21.5 Å². The summed E-state index contributed by atoms with van der Waals surface area (Å²) in [5.74, 6) is 0.469. The molecular weight excluding hydrogens is 480 g/mol. The van der Waals surface area contributed by atoms with Crippen molar-refractivity contribution < 1.29 is 9.59 Å². The van der Waals surface area contributed by atoms with Crippen LogP contribution >= 0.6 is 23.1 Å². The largest absolute Gasteiger partial charge is 0.342 e. The van der Waals surface area contributed by atoms with Gasteiger partial charge in [0.05, 0.1) is 17.5 Å². The van der Waals surface area contributed by atoms with E-state index in [0.29, 0.717) is 28.2 Å². The quantitative estimate of drug-likeness (QED) is 0.312. The number of nitrogens with one attached hydrogen (secondary N) is 2. The molecule has 0 bridgehead atoms. The van der Waals surface area contributed by atoms with Crippen LogP contribution in [0.1, 0.15) is 40.9 Å². The molecule has 8 nitrogen and oxygen atoms in total. The summed E-state index contributed by atoms with van der Waals surface area (Å²) in [6.07, 6.45) is 0. The van der Waals surface area contributed by atoms with Crippen LogP contribution < -0.4 is 10.6 Å². The summed E-state index contributed by atoms with van der Waals surface area (Å²) in [6, 6.07) is 18.6. The Morgan fingerprint density at radius 3 is 2.43 bits per heavy atom. The zero-order valence-electron chi connectivity index (χ0n) is 19.7. The number of aryl methyl sites for hydroxylation is 1. The lowest BCUT2D eigenvalue weighted by molar-refractivity contribution is -0.113. The zero-order valence-corrected chi connectivity index (χ0v) is 21.3. The van der Waals surface area contributed by atoms with Crippen LogP contribution in [0.4, 0.5) is 5.13 Å². The second kappa shape index (κ2) is 11.3. The number of aromatic nitrogens is 4. The van der Waals surface area contributed by atoms with Gasteiger partial charge in [-0.2, -0.15) is 0 Å². The smallest absolute Gasteiger partial charge is 0.251 e. The molecule has 2 amide bonds. The summed E-state index contributed by atoms with van der Waals surface area (Å²) in [7, 11) is 0. The first-order chi connectivity index (χ1) is 17.0. The lowest BCUT2D eigenvalue weighted by Gasteiger charge is -2.15. The van der Waals surface area contributed by atoms with Crippen molar-refractivity contribution in [1.29, 1.82) is 0 Å². The molecule has 0 aliphatic carbocycles. The Balaban J connectivity index is 1.37. The molecule has 0 radical (unpaired) electrons. The van der Waals surface area contributed by atoms with Crippen LogP contribution in [0.15, 0.2) is 65.8 Å². The number of thioether (sulfide) groups is 1. The third kappa shape index (κ3) is 5.95. The zero-order chi connectivity index (χ0) is 24.8. The topological polar surface area (TPSA) is 102 Å². The maximum Gasteiger partial charge on any atom is 0.251 e. The molecule has 2 heterocycles. The molecule has 4 aromatic rings. The Morgan fingerprint density at radius 1 is 1.06 bits per heavy atom. The van der Waals surface area contributed by atoms with Gasteiger partial charge >= 0.3 is 0 Å². The van der Waals surface area contributed by atoms with Crippen LogP contribution in [0.5, 0.6) is 0 Å². The van der Waals surface area contributed by atoms with Crippen molar-refractivity contribution in [3.63, 3.8) is 0 Å². The van der Waals surface area contributed by atoms with Gasteiger partial charge in [0.2, 0.25) is 5.91 Å². The van der Waals surface area contributed by atoms with Gasteiger partial charge < -0.3 is 15.2 Å². The normalized spacial score (nSPS) is 11.7. The number of carbonyl (C=O) groups is 2. The van der Waals surface area contributed by atoms with Gasteiger partial charge in [-0.1, -0.05) is 60.3 Å². The van der Waals surface area contributed by atoms with E-state index in [1.54, 1.807) is 12.1 Å². The molecule has 35 heavy (non-hydrogen) atoms. The molecule has 1 atom stereocenters. The third-order valence-corrected chi connectivity index (χ3v) is 7.11. The standard InChI is InChI=1S/C25H26N6O2S2/c1-4-31-22(16(2)26-23(33)19-13-9-6-10-14-19)29-30-25(31)34-15-20(32)27-24-28-21(17(3)35-24)18-11-7-5-8-12-18/h5-14,16H,4,15H2,1-3H3,(H,26,33)(H,27,28,32). The summed E-state index contributed by atoms with van der Waals surface area (Å²) in [6.45, 7) is 6.46. The highest BCUT2D eigenvalue weighted by atomic mass is 32.2. The molecular formula is C25H26N6O2S2. The third-order valence-electron chi connectivity index (χ3n) is 5.26. The van der Waals surface area contributed by atoms with E-state index >= 15 is 0 Å². The summed E-state index contributed by atoms with van der Waals surface area (Å²) < 4.78 is 1.91. The highest BCUT2D eigenvalue weighted by Gasteiger charge is 2.20. The molecule has 2 N–H and O–H groups in total. The molecule has 180 valence electrons. The molecule has 0 spiro atoms. The molecule has 4 rings (SSSR count). The second-order valence-electron chi connectivity index (χ2n) is 7.77. The van der Waals surface area contributed by atoms with Crippen LogP contribution in [0.25, 0.3) is 11.3 Å². The van der Waals surface area contributed by atoms with E-state index in [1.807, 2.05) is 73.9 Å². The number of carbonyl (C=O) groups excluding carboxylic acids is 2. The number of nitrogens with zero attached hydrogens (tertiary/aromatic N) is 4. The molecule has 0 aliphatic heterocycles. The molecule has 0 saturated heterocycles. The first-order valence-electron chi connectivity index (χ1n) is 11.2. The summed E-state index contributed by atoms with van der Waals surface area (Å²) in [5, 5.41) is 15.6. The Hall–Kier alpha value is -3.50. The lowest BCUT2D eigenvalue weighted by atomic mass is 10.1. The first kappa shape index (κ1) is 24.6. The molecule has 0 saturated carbocycles. The number of rotatable bonds is 9. The minimum atomic E-state index is -0.340. The van der Waals surface area contributed by atoms with Crippen LogP contribution in [0.2, 0.25) is 0 Å². The average molecular weight is 507 g/mol. The predicted molar refractivity (Wildman–Crippen MR) is 140 cm³/mol. The Bertz CT molecular complexity index is 1300. The van der Waals surface area contributed by atoms with E-state index in [2.05, 4.69) is 25.8 Å². The van der Waals surface area contributed by atoms with Crippen LogP contribution in [-0.2, 0) is 11.3 Å². The van der Waals surface area contributed by atoms with Crippen molar-refractivity contribution in [3.8, 4) is 11.3 Å². The maximum atomic E-state index is 12.6. The highest BCUT2D eigenvalue weighted by Crippen LogP contribution is 2.30. The van der Waals surface area contributed by atoms with Crippen LogP contribution in [-0.4, -0.2) is 37.3 Å². The van der Waals surface area contributed by atoms with Crippen molar-refractivity contribution in [3.05, 3.63) is 76.9 Å². The molecule has 0 aliphatic rings. The highest BCUT2D eigenvalue weighted by molar-refractivity contribution is 7.99. The van der Waals surface area contributed by atoms with Crippen molar-refractivity contribution in [2.45, 2.75) is 38.5 Å². The van der Waals surface area contributed by atoms with Gasteiger partial charge in [0.1, 0.15) is 0 Å². The number of thiazole rings is 1. The molecule has 1 unspecified atom stereocenters. The predicted octanol–water partition coefficient (Wildman–Crippen LogP) is 4.95. The van der Waals surface area contributed by atoms with E-state index in [-0.39, 0.29) is 23.6 Å². The Labute approximate surface area is 212 Å². The fraction of sp³-hybridized carbons (Fsp3) is 0.240. The van der Waals surface area contributed by atoms with E-state index in [4.69, 9.17) is 0 Å². The van der Waals surface area contributed by atoms with Crippen molar-refractivity contribution in [2.24, 2.45) is 0 Å². The van der Waals surface area contributed by atoms with Gasteiger partial charge in [0, 0.05) is 22.5 Å². The number of hydrogen-bond donors (Lipinski definition) is 2. The Kier molecular flexibility index (Phi) is 7.94. The van der Waals surface area contributed by atoms with E-state index in [9.17, 15) is 9.59 Å². The number of benzene rings is 2. The van der Waals surface area contributed by atoms with Crippen molar-refractivity contribution in [1.82, 2.24) is 25.1 Å². The summed E-state index contributed by atoms with van der Waals surface area (Å²) in [4.78, 5) is 30.7. The molecule has 2 aromatic heterocycles. The number of amides is 2. The minimum Gasteiger partial charge on any atom is -0.342 e. The van der Waals surface area contributed by atoms with Gasteiger partial charge in [-0.3, -0.25) is 9.59 Å². The summed E-state index contributed by atoms with van der Waals surface area (Å²) >= 11 is 2.75. The van der Waals surface area contributed by atoms with Crippen molar-refractivity contribution in [2.75, 3.05) is 11.1 Å². The fourth-order valence-electron chi connectivity index (χ4n) is 3.56. The number of anilines is 1. The monoisotopic (exact) mass is 506 g/mol. The lowest BCUT2D eigenvalue weighted by Crippen LogP contribution is -2.28. The van der Waals surface area contributed by atoms with Crippen LogP contribution in [0, 0.1) is 6.92 Å². The van der Waals surface area contributed by atoms with Gasteiger partial charge in [0.15, 0.2) is 16.1 Å². The van der Waals surface area contributed by atoms with Crippen LogP contribution in [0.3, 0.4) is 0 Å². The van der Waals surface area contributed by atoms with Gasteiger partial charge in [-0.25, -0.2) is 4.98 Å². The van der Waals surface area contributed by atoms with Gasteiger partial charge in [-0.05, 0) is 32.9 Å². The van der Waals surface area contributed by atoms with E-state index in [0.717, 1.165) is 16.1 Å². The van der Waals surface area contributed by atoms with E-state index < -0.39 is 0 Å². The second-order valence-corrected chi connectivity index (χ2v) is 9.92. The first-order valence-corrected chi connectivity index (χ1v) is 13.0. The van der Waals surface area contributed by atoms with E-state index in [1.165, 1.54) is 23.1 Å². The molecule has 2 aromatic carbocycles. The number of hydrogen-bond acceptors (Lipinski definition) is 7. The minimum absolute atomic E-state index is 0.166. The molecule has 10 heteroatoms. The van der Waals surface area contributed by atoms with Crippen molar-refractivity contribution >= 4 is 40.0 Å². The maximum absolute atomic E-state index is 12.6. The fourth-order valence-corrected chi connectivity index (χ4v) is 5.22. The SMILES string of the molecule is CCn1c(SCC(=O)Nc2nc(-c3ccccc3)c(C)s2)nnc1C(C)NC(=O)c1ccccc1. The van der Waals surface area contributed by atoms with Gasteiger partial charge in [0.25, 0.3) is 5.91 Å². The Morgan fingerprint density at radius 2 is 1.74 bits per heavy atom. The average Bonchev–Trinajstić information content (AvgIpc) is 3.46. The summed E-state index contributed by atoms with van der Waals surface area (Å²) in [5.41, 5.74) is 2.48. The molecule has 0 fully saturated rings.